The molecule has 0 saturated carbocycles. The van der Waals surface area contributed by atoms with Gasteiger partial charge in [-0.1, -0.05) is 0 Å². The second kappa shape index (κ2) is 7.37. The first-order valence-corrected chi connectivity index (χ1v) is 7.36. The lowest BCUT2D eigenvalue weighted by atomic mass is 10.2. The number of aromatic nitrogens is 1. The van der Waals surface area contributed by atoms with Crippen LogP contribution in [-0.4, -0.2) is 29.4 Å². The van der Waals surface area contributed by atoms with E-state index in [1.165, 1.54) is 0 Å². The molecule has 1 aromatic rings. The van der Waals surface area contributed by atoms with Crippen LogP contribution in [0.5, 0.6) is 0 Å². The van der Waals surface area contributed by atoms with Crippen LogP contribution in [0.1, 0.15) is 28.9 Å². The lowest BCUT2D eigenvalue weighted by Crippen LogP contribution is -2.18. The zero-order valence-electron chi connectivity index (χ0n) is 11.0. The van der Waals surface area contributed by atoms with Crippen LogP contribution < -0.4 is 11.1 Å². The molecule has 4 nitrogen and oxygen atoms in total. The van der Waals surface area contributed by atoms with Crippen LogP contribution in [0.15, 0.2) is 12.1 Å². The Hall–Kier alpha value is -1.44. The van der Waals surface area contributed by atoms with Gasteiger partial charge in [0.1, 0.15) is 11.5 Å². The molecule has 1 rings (SSSR count). The summed E-state index contributed by atoms with van der Waals surface area (Å²) >= 11 is 1.70. The molecule has 0 radical (unpaired) electrons. The second-order valence-corrected chi connectivity index (χ2v) is 5.07. The molecule has 1 heterocycles. The largest absolute Gasteiger partial charge is 0.433 e. The third-order valence-electron chi connectivity index (χ3n) is 2.52. The highest BCUT2D eigenvalue weighted by atomic mass is 32.2. The molecule has 112 valence electrons. The quantitative estimate of drug-likeness (QED) is 0.760. The first-order chi connectivity index (χ1) is 9.36. The summed E-state index contributed by atoms with van der Waals surface area (Å²) in [5.74, 6) is 0.0507. The average molecular weight is 307 g/mol. The van der Waals surface area contributed by atoms with E-state index in [0.29, 0.717) is 6.54 Å². The molecule has 0 aliphatic rings. The van der Waals surface area contributed by atoms with Crippen molar-refractivity contribution in [3.05, 3.63) is 23.4 Å². The molecule has 1 aromatic heterocycles. The Morgan fingerprint density at radius 3 is 2.65 bits per heavy atom. The van der Waals surface area contributed by atoms with Crippen molar-refractivity contribution in [3.63, 3.8) is 0 Å². The number of hydrogen-bond acceptors (Lipinski definition) is 4. The number of alkyl halides is 3. The number of hydrogen-bond donors (Lipinski definition) is 2. The fourth-order valence-electron chi connectivity index (χ4n) is 1.53. The molecular weight excluding hydrogens is 291 g/mol. The molecule has 0 bridgehead atoms. The van der Waals surface area contributed by atoms with E-state index in [4.69, 9.17) is 5.73 Å². The first kappa shape index (κ1) is 16.6. The number of primary amides is 1. The minimum absolute atomic E-state index is 0.0390. The number of nitrogens with two attached hydrogens (primary N) is 1. The monoisotopic (exact) mass is 307 g/mol. The topological polar surface area (TPSA) is 68.0 Å². The summed E-state index contributed by atoms with van der Waals surface area (Å²) in [4.78, 5) is 14.6. The first-order valence-electron chi connectivity index (χ1n) is 5.97. The maximum absolute atomic E-state index is 12.6. The van der Waals surface area contributed by atoms with E-state index in [1.807, 2.05) is 6.26 Å². The van der Waals surface area contributed by atoms with Crippen molar-refractivity contribution in [2.24, 2.45) is 5.73 Å². The molecule has 0 aliphatic heterocycles. The van der Waals surface area contributed by atoms with Crippen LogP contribution in [0.4, 0.5) is 19.0 Å². The van der Waals surface area contributed by atoms with Gasteiger partial charge in [-0.15, -0.1) is 0 Å². The summed E-state index contributed by atoms with van der Waals surface area (Å²) in [6.07, 6.45) is -0.867. The SMILES string of the molecule is CSCCCCNc1nc(C(F)(F)F)ccc1C(N)=O. The summed E-state index contributed by atoms with van der Waals surface area (Å²) in [5.41, 5.74) is 4.04. The number of anilines is 1. The lowest BCUT2D eigenvalue weighted by Gasteiger charge is -2.12. The normalized spacial score (nSPS) is 11.4. The molecule has 20 heavy (non-hydrogen) atoms. The Bertz CT molecular complexity index is 466. The number of amides is 1. The maximum Gasteiger partial charge on any atom is 0.433 e. The Balaban J connectivity index is 2.81. The second-order valence-electron chi connectivity index (χ2n) is 4.08. The van der Waals surface area contributed by atoms with Crippen molar-refractivity contribution in [1.29, 1.82) is 0 Å². The highest BCUT2D eigenvalue weighted by Crippen LogP contribution is 2.29. The van der Waals surface area contributed by atoms with Crippen molar-refractivity contribution in [2.75, 3.05) is 23.9 Å². The number of thioether (sulfide) groups is 1. The molecule has 0 aliphatic carbocycles. The van der Waals surface area contributed by atoms with Gasteiger partial charge in [-0.25, -0.2) is 4.98 Å². The minimum atomic E-state index is -4.55. The molecule has 0 spiro atoms. The summed E-state index contributed by atoms with van der Waals surface area (Å²) in [5, 5.41) is 2.74. The van der Waals surface area contributed by atoms with Gasteiger partial charge < -0.3 is 11.1 Å². The summed E-state index contributed by atoms with van der Waals surface area (Å²) in [6.45, 7) is 0.440. The third-order valence-corrected chi connectivity index (χ3v) is 3.22. The fraction of sp³-hybridized carbons (Fsp3) is 0.500. The van der Waals surface area contributed by atoms with Crippen LogP contribution in [0, 0.1) is 0 Å². The van der Waals surface area contributed by atoms with Gasteiger partial charge in [-0.2, -0.15) is 24.9 Å². The van der Waals surface area contributed by atoms with Gasteiger partial charge in [0.2, 0.25) is 0 Å². The van der Waals surface area contributed by atoms with E-state index in [1.54, 1.807) is 11.8 Å². The maximum atomic E-state index is 12.6. The predicted octanol–water partition coefficient (Wildman–Crippen LogP) is 2.75. The number of nitrogens with one attached hydrogen (secondary N) is 1. The van der Waals surface area contributed by atoms with Crippen LogP contribution in [0.25, 0.3) is 0 Å². The third kappa shape index (κ3) is 4.92. The van der Waals surface area contributed by atoms with Gasteiger partial charge in [0.15, 0.2) is 0 Å². The van der Waals surface area contributed by atoms with Gasteiger partial charge in [0.25, 0.3) is 5.91 Å². The smallest absolute Gasteiger partial charge is 0.369 e. The van der Waals surface area contributed by atoms with Gasteiger partial charge in [0, 0.05) is 6.54 Å². The van der Waals surface area contributed by atoms with Crippen molar-refractivity contribution >= 4 is 23.5 Å². The zero-order valence-corrected chi connectivity index (χ0v) is 11.8. The standard InChI is InChI=1S/C12H16F3N3OS/c1-20-7-3-2-6-17-11-8(10(16)19)4-5-9(18-11)12(13,14)15/h4-5H,2-3,6-7H2,1H3,(H2,16,19)(H,17,18). The van der Waals surface area contributed by atoms with E-state index < -0.39 is 17.8 Å². The molecule has 0 fully saturated rings. The van der Waals surface area contributed by atoms with Crippen LogP contribution in [0.3, 0.4) is 0 Å². The van der Waals surface area contributed by atoms with E-state index in [0.717, 1.165) is 30.7 Å². The number of pyridine rings is 1. The van der Waals surface area contributed by atoms with Gasteiger partial charge >= 0.3 is 6.18 Å². The van der Waals surface area contributed by atoms with Gasteiger partial charge in [0.05, 0.1) is 5.56 Å². The molecular formula is C12H16F3N3OS. The minimum Gasteiger partial charge on any atom is -0.369 e. The van der Waals surface area contributed by atoms with Crippen LogP contribution in [-0.2, 0) is 6.18 Å². The Kier molecular flexibility index (Phi) is 6.12. The van der Waals surface area contributed by atoms with E-state index in [-0.39, 0.29) is 11.4 Å². The summed E-state index contributed by atoms with van der Waals surface area (Å²) in [6, 6.07) is 1.79. The average Bonchev–Trinajstić information content (AvgIpc) is 2.37. The van der Waals surface area contributed by atoms with Crippen molar-refractivity contribution in [3.8, 4) is 0 Å². The number of unbranched alkanes of at least 4 members (excludes halogenated alkanes) is 1. The molecule has 3 N–H and O–H groups in total. The van der Waals surface area contributed by atoms with Crippen LogP contribution in [0.2, 0.25) is 0 Å². The van der Waals surface area contributed by atoms with Crippen LogP contribution >= 0.6 is 11.8 Å². The van der Waals surface area contributed by atoms with Gasteiger partial charge in [-0.05, 0) is 37.0 Å². The molecule has 1 amide bonds. The number of carbonyl (C=O) groups is 1. The van der Waals surface area contributed by atoms with E-state index in [9.17, 15) is 18.0 Å². The number of nitrogens with zero attached hydrogens (tertiary/aromatic N) is 1. The Morgan fingerprint density at radius 1 is 1.40 bits per heavy atom. The van der Waals surface area contributed by atoms with E-state index >= 15 is 0 Å². The Labute approximate surface area is 119 Å². The predicted molar refractivity (Wildman–Crippen MR) is 73.9 cm³/mol. The number of halogens is 3. The van der Waals surface area contributed by atoms with Gasteiger partial charge in [-0.3, -0.25) is 4.79 Å². The molecule has 0 unspecified atom stereocenters. The summed E-state index contributed by atoms with van der Waals surface area (Å²) in [7, 11) is 0. The highest BCUT2D eigenvalue weighted by molar-refractivity contribution is 7.98. The van der Waals surface area contributed by atoms with Crippen molar-refractivity contribution in [2.45, 2.75) is 19.0 Å². The van der Waals surface area contributed by atoms with Crippen molar-refractivity contribution in [1.82, 2.24) is 4.98 Å². The molecule has 0 aromatic carbocycles. The number of rotatable bonds is 7. The molecule has 0 atom stereocenters. The van der Waals surface area contributed by atoms with Crippen molar-refractivity contribution < 1.29 is 18.0 Å². The fourth-order valence-corrected chi connectivity index (χ4v) is 2.02. The lowest BCUT2D eigenvalue weighted by molar-refractivity contribution is -0.141. The summed E-state index contributed by atoms with van der Waals surface area (Å²) < 4.78 is 37.7. The highest BCUT2D eigenvalue weighted by Gasteiger charge is 2.33. The van der Waals surface area contributed by atoms with E-state index in [2.05, 4.69) is 10.3 Å². The molecule has 0 saturated heterocycles. The number of carbonyl (C=O) groups excluding carboxylic acids is 1. The molecule has 8 heteroatoms. The zero-order chi connectivity index (χ0) is 15.2. The Morgan fingerprint density at radius 2 is 2.10 bits per heavy atom.